The molecule has 32 heavy (non-hydrogen) atoms. The summed E-state index contributed by atoms with van der Waals surface area (Å²) in [6, 6.07) is 4.73. The predicted octanol–water partition coefficient (Wildman–Crippen LogP) is 3.51. The highest BCUT2D eigenvalue weighted by molar-refractivity contribution is 6.04. The summed E-state index contributed by atoms with van der Waals surface area (Å²) < 4.78 is 5.29. The molecule has 1 aliphatic rings. The zero-order valence-corrected chi connectivity index (χ0v) is 19.0. The summed E-state index contributed by atoms with van der Waals surface area (Å²) in [5.74, 6) is 0.418. The molecule has 1 atom stereocenters. The minimum absolute atomic E-state index is 0.0752. The van der Waals surface area contributed by atoms with E-state index in [1.807, 2.05) is 24.4 Å². The first-order valence-electron chi connectivity index (χ1n) is 11.6. The van der Waals surface area contributed by atoms with Gasteiger partial charge in [0.25, 0.3) is 5.91 Å². The van der Waals surface area contributed by atoms with Crippen molar-refractivity contribution in [3.05, 3.63) is 30.0 Å². The maximum atomic E-state index is 12.7. The van der Waals surface area contributed by atoms with Crippen LogP contribution in [0.5, 0.6) is 5.75 Å². The van der Waals surface area contributed by atoms with Crippen LogP contribution >= 0.6 is 0 Å². The number of nitrogens with one attached hydrogen (secondary N) is 3. The first-order valence-corrected chi connectivity index (χ1v) is 11.6. The van der Waals surface area contributed by atoms with Crippen molar-refractivity contribution >= 4 is 28.7 Å². The Hall–Kier alpha value is -3.03. The molecular formula is C24H34N4O4. The minimum Gasteiger partial charge on any atom is -0.497 e. The number of benzene rings is 1. The zero-order valence-electron chi connectivity index (χ0n) is 19.0. The summed E-state index contributed by atoms with van der Waals surface area (Å²) in [5.41, 5.74) is 1.99. The number of hydrogen-bond acceptors (Lipinski definition) is 4. The predicted molar refractivity (Wildman–Crippen MR) is 124 cm³/mol. The standard InChI is InChI=1S/C24H34N4O4/c1-3-4-5-6-7-13-25-22(29)11-10-21-23(30)28(24(31)27-21)14-12-17-16-26-20-9-8-18(32-2)15-19(17)20/h8-9,15-16,21,26H,3-7,10-14H2,1-2H3,(H,25,29)(H,27,31)/t21-/m1/s1. The topological polar surface area (TPSA) is 104 Å². The zero-order chi connectivity index (χ0) is 22.9. The van der Waals surface area contributed by atoms with Crippen molar-refractivity contribution in [1.29, 1.82) is 0 Å². The molecule has 0 unspecified atom stereocenters. The van der Waals surface area contributed by atoms with E-state index in [2.05, 4.69) is 22.5 Å². The van der Waals surface area contributed by atoms with E-state index < -0.39 is 12.1 Å². The first kappa shape index (κ1) is 23.6. The summed E-state index contributed by atoms with van der Waals surface area (Å²) in [6.45, 7) is 3.12. The van der Waals surface area contributed by atoms with E-state index in [-0.39, 0.29) is 24.8 Å². The van der Waals surface area contributed by atoms with Crippen LogP contribution in [0, 0.1) is 0 Å². The van der Waals surface area contributed by atoms with Gasteiger partial charge in [-0.05, 0) is 43.0 Å². The quantitative estimate of drug-likeness (QED) is 0.326. The van der Waals surface area contributed by atoms with Crippen LogP contribution in [0.25, 0.3) is 10.9 Å². The molecule has 8 nitrogen and oxygen atoms in total. The molecule has 0 saturated carbocycles. The van der Waals surface area contributed by atoms with Crippen LogP contribution in [0.15, 0.2) is 24.4 Å². The molecule has 0 bridgehead atoms. The number of nitrogens with zero attached hydrogens (tertiary/aromatic N) is 1. The molecule has 0 spiro atoms. The average Bonchev–Trinajstić information content (AvgIpc) is 3.32. The Bertz CT molecular complexity index is 939. The van der Waals surface area contributed by atoms with Gasteiger partial charge in [-0.15, -0.1) is 0 Å². The van der Waals surface area contributed by atoms with Gasteiger partial charge in [0.15, 0.2) is 0 Å². The van der Waals surface area contributed by atoms with E-state index in [0.29, 0.717) is 19.4 Å². The molecule has 0 radical (unpaired) electrons. The van der Waals surface area contributed by atoms with E-state index in [0.717, 1.165) is 35.1 Å². The van der Waals surface area contributed by atoms with Gasteiger partial charge in [-0.25, -0.2) is 4.79 Å². The fourth-order valence-electron chi connectivity index (χ4n) is 4.03. The van der Waals surface area contributed by atoms with Gasteiger partial charge in [-0.3, -0.25) is 14.5 Å². The van der Waals surface area contributed by atoms with Crippen molar-refractivity contribution in [2.45, 2.75) is 64.3 Å². The molecule has 2 aromatic rings. The molecule has 1 fully saturated rings. The van der Waals surface area contributed by atoms with Gasteiger partial charge < -0.3 is 20.4 Å². The number of carbonyl (C=O) groups is 3. The molecule has 174 valence electrons. The molecule has 3 N–H and O–H groups in total. The van der Waals surface area contributed by atoms with Gasteiger partial charge >= 0.3 is 6.03 Å². The lowest BCUT2D eigenvalue weighted by molar-refractivity contribution is -0.127. The third kappa shape index (κ3) is 6.02. The Morgan fingerprint density at radius 1 is 1.19 bits per heavy atom. The summed E-state index contributed by atoms with van der Waals surface area (Å²) in [5, 5.41) is 6.63. The number of fused-ring (bicyclic) bond motifs is 1. The number of imide groups is 1. The van der Waals surface area contributed by atoms with Crippen molar-refractivity contribution in [3.63, 3.8) is 0 Å². The van der Waals surface area contributed by atoms with Crippen LogP contribution < -0.4 is 15.4 Å². The van der Waals surface area contributed by atoms with Gasteiger partial charge in [0.05, 0.1) is 7.11 Å². The fourth-order valence-corrected chi connectivity index (χ4v) is 4.03. The minimum atomic E-state index is -0.638. The third-order valence-corrected chi connectivity index (χ3v) is 5.95. The average molecular weight is 443 g/mol. The number of urea groups is 1. The van der Waals surface area contributed by atoms with Gasteiger partial charge in [-0.1, -0.05) is 32.6 Å². The van der Waals surface area contributed by atoms with Crippen molar-refractivity contribution in [2.24, 2.45) is 0 Å². The molecule has 3 rings (SSSR count). The number of carbonyl (C=O) groups excluding carboxylic acids is 3. The lowest BCUT2D eigenvalue weighted by Gasteiger charge is -2.13. The number of H-pyrrole nitrogens is 1. The summed E-state index contributed by atoms with van der Waals surface area (Å²) >= 11 is 0. The third-order valence-electron chi connectivity index (χ3n) is 5.95. The van der Waals surface area contributed by atoms with Crippen LogP contribution in [0.4, 0.5) is 4.79 Å². The SMILES string of the molecule is CCCCCCCNC(=O)CC[C@H]1NC(=O)N(CCc2c[nH]c3ccc(OC)cc23)C1=O. The summed E-state index contributed by atoms with van der Waals surface area (Å²) in [6.07, 6.45) is 8.67. The Labute approximate surface area is 189 Å². The highest BCUT2D eigenvalue weighted by Crippen LogP contribution is 2.24. The van der Waals surface area contributed by atoms with Crippen molar-refractivity contribution in [1.82, 2.24) is 20.5 Å². The van der Waals surface area contributed by atoms with E-state index in [1.165, 1.54) is 24.2 Å². The second kappa shape index (κ2) is 11.5. The maximum Gasteiger partial charge on any atom is 0.324 e. The molecule has 0 aliphatic carbocycles. The Morgan fingerprint density at radius 2 is 2.00 bits per heavy atom. The lowest BCUT2D eigenvalue weighted by atomic mass is 10.1. The number of hydrogen-bond donors (Lipinski definition) is 3. The molecule has 2 heterocycles. The number of methoxy groups -OCH3 is 1. The monoisotopic (exact) mass is 442 g/mol. The largest absolute Gasteiger partial charge is 0.497 e. The molecular weight excluding hydrogens is 408 g/mol. The number of unbranched alkanes of at least 4 members (excludes halogenated alkanes) is 4. The van der Waals surface area contributed by atoms with E-state index in [9.17, 15) is 14.4 Å². The highest BCUT2D eigenvalue weighted by atomic mass is 16.5. The molecule has 4 amide bonds. The van der Waals surface area contributed by atoms with Crippen LogP contribution in [-0.2, 0) is 16.0 Å². The molecule has 1 aromatic heterocycles. The highest BCUT2D eigenvalue weighted by Gasteiger charge is 2.37. The van der Waals surface area contributed by atoms with Crippen LogP contribution in [0.2, 0.25) is 0 Å². The lowest BCUT2D eigenvalue weighted by Crippen LogP contribution is -2.34. The number of ether oxygens (including phenoxy) is 1. The van der Waals surface area contributed by atoms with Crippen molar-refractivity contribution in [2.75, 3.05) is 20.2 Å². The van der Waals surface area contributed by atoms with E-state index >= 15 is 0 Å². The molecule has 8 heteroatoms. The second-order valence-corrected chi connectivity index (χ2v) is 8.27. The van der Waals surface area contributed by atoms with Gasteiger partial charge in [0.1, 0.15) is 11.8 Å². The molecule has 1 aliphatic heterocycles. The van der Waals surface area contributed by atoms with Gasteiger partial charge in [0.2, 0.25) is 5.91 Å². The van der Waals surface area contributed by atoms with E-state index in [4.69, 9.17) is 4.74 Å². The van der Waals surface area contributed by atoms with Crippen LogP contribution in [-0.4, -0.2) is 54.0 Å². The molecule has 1 saturated heterocycles. The fraction of sp³-hybridized carbons (Fsp3) is 0.542. The smallest absolute Gasteiger partial charge is 0.324 e. The number of amides is 4. The number of aromatic amines is 1. The first-order chi connectivity index (χ1) is 15.5. The van der Waals surface area contributed by atoms with Crippen LogP contribution in [0.1, 0.15) is 57.4 Å². The summed E-state index contributed by atoms with van der Waals surface area (Å²) in [4.78, 5) is 41.5. The number of aromatic nitrogens is 1. The normalized spacial score (nSPS) is 15.9. The van der Waals surface area contributed by atoms with Crippen molar-refractivity contribution in [3.8, 4) is 5.75 Å². The Kier molecular flexibility index (Phi) is 8.53. The van der Waals surface area contributed by atoms with Crippen molar-refractivity contribution < 1.29 is 19.1 Å². The maximum absolute atomic E-state index is 12.7. The van der Waals surface area contributed by atoms with Gasteiger partial charge in [0, 0.05) is 36.6 Å². The second-order valence-electron chi connectivity index (χ2n) is 8.27. The van der Waals surface area contributed by atoms with Gasteiger partial charge in [-0.2, -0.15) is 0 Å². The molecule has 1 aromatic carbocycles. The van der Waals surface area contributed by atoms with E-state index in [1.54, 1.807) is 7.11 Å². The number of rotatable bonds is 13. The van der Waals surface area contributed by atoms with Crippen LogP contribution in [0.3, 0.4) is 0 Å². The summed E-state index contributed by atoms with van der Waals surface area (Å²) in [7, 11) is 1.62. The Morgan fingerprint density at radius 3 is 2.78 bits per heavy atom. The Balaban J connectivity index is 1.44.